The first kappa shape index (κ1) is 25.4. The third-order valence-electron chi connectivity index (χ3n) is 4.57. The highest BCUT2D eigenvalue weighted by atomic mass is 35.5. The number of unbranched alkanes of at least 4 members (excludes halogenated alkanes) is 1. The molecule has 0 saturated carbocycles. The molecule has 3 rings (SSSR count). The number of thiazole rings is 1. The highest BCUT2D eigenvalue weighted by Gasteiger charge is 2.13. The van der Waals surface area contributed by atoms with E-state index in [9.17, 15) is 4.79 Å². The summed E-state index contributed by atoms with van der Waals surface area (Å²) in [5.41, 5.74) is 7.88. The molecule has 1 heterocycles. The van der Waals surface area contributed by atoms with E-state index in [-0.39, 0.29) is 30.7 Å². The molecule has 1 amide bonds. The number of nitrogens with two attached hydrogens (primary N) is 1. The van der Waals surface area contributed by atoms with Gasteiger partial charge in [0.1, 0.15) is 0 Å². The first-order valence-corrected chi connectivity index (χ1v) is 10.4. The molecule has 3 aromatic rings. The molecule has 0 aliphatic carbocycles. The van der Waals surface area contributed by atoms with Crippen molar-refractivity contribution in [1.82, 2.24) is 9.88 Å². The topological polar surface area (TPSA) is 59.2 Å². The summed E-state index contributed by atoms with van der Waals surface area (Å²) in [6.07, 6.45) is 4.24. The number of para-hydroxylation sites is 1. The fourth-order valence-electron chi connectivity index (χ4n) is 3.12. The summed E-state index contributed by atoms with van der Waals surface area (Å²) in [6.45, 7) is 2.00. The highest BCUT2D eigenvalue weighted by molar-refractivity contribution is 7.18. The second-order valence-electron chi connectivity index (χ2n) is 6.73. The van der Waals surface area contributed by atoms with E-state index in [0.29, 0.717) is 19.5 Å². The van der Waals surface area contributed by atoms with Gasteiger partial charge in [-0.25, -0.2) is 4.98 Å². The maximum atomic E-state index is 12.7. The number of amides is 1. The van der Waals surface area contributed by atoms with Gasteiger partial charge in [-0.15, -0.1) is 36.2 Å². The van der Waals surface area contributed by atoms with Gasteiger partial charge in [-0.2, -0.15) is 0 Å². The molecule has 1 aromatic heterocycles. The van der Waals surface area contributed by atoms with E-state index in [0.717, 1.165) is 48.3 Å². The van der Waals surface area contributed by atoms with Crippen LogP contribution in [0, 0.1) is 0 Å². The summed E-state index contributed by atoms with van der Waals surface area (Å²) in [5.74, 6) is 0.219. The fraction of sp³-hybridized carbons (Fsp3) is 0.364. The predicted molar refractivity (Wildman–Crippen MR) is 127 cm³/mol. The molecule has 29 heavy (non-hydrogen) atoms. The fourth-order valence-corrected chi connectivity index (χ4v) is 4.12. The van der Waals surface area contributed by atoms with Gasteiger partial charge in [0.2, 0.25) is 5.91 Å². The quantitative estimate of drug-likeness (QED) is 0.427. The van der Waals surface area contributed by atoms with Crippen LogP contribution in [0.25, 0.3) is 10.2 Å². The number of aromatic nitrogens is 1. The van der Waals surface area contributed by atoms with Crippen LogP contribution in [0.5, 0.6) is 0 Å². The molecular weight excluding hydrogens is 425 g/mol. The highest BCUT2D eigenvalue weighted by Crippen LogP contribution is 2.23. The van der Waals surface area contributed by atoms with E-state index >= 15 is 0 Å². The lowest BCUT2D eigenvalue weighted by Gasteiger charge is -2.22. The van der Waals surface area contributed by atoms with Crippen molar-refractivity contribution in [3.63, 3.8) is 0 Å². The van der Waals surface area contributed by atoms with Crippen LogP contribution in [0.1, 0.15) is 36.3 Å². The van der Waals surface area contributed by atoms with Gasteiger partial charge in [-0.05, 0) is 49.9 Å². The summed E-state index contributed by atoms with van der Waals surface area (Å²) in [4.78, 5) is 19.3. The maximum absolute atomic E-state index is 12.7. The molecule has 158 valence electrons. The lowest BCUT2D eigenvalue weighted by Crippen LogP contribution is -2.32. The molecule has 7 heteroatoms. The number of fused-ring (bicyclic) bond motifs is 1. The maximum Gasteiger partial charge on any atom is 0.222 e. The van der Waals surface area contributed by atoms with Gasteiger partial charge in [0.05, 0.1) is 15.2 Å². The zero-order valence-electron chi connectivity index (χ0n) is 16.5. The second-order valence-corrected chi connectivity index (χ2v) is 7.84. The molecule has 0 atom stereocenters. The van der Waals surface area contributed by atoms with E-state index in [1.54, 1.807) is 11.3 Å². The van der Waals surface area contributed by atoms with E-state index in [4.69, 9.17) is 5.73 Å². The molecule has 0 unspecified atom stereocenters. The summed E-state index contributed by atoms with van der Waals surface area (Å²) in [7, 11) is 0. The van der Waals surface area contributed by atoms with Crippen molar-refractivity contribution in [2.75, 3.05) is 13.1 Å². The lowest BCUT2D eigenvalue weighted by atomic mass is 10.1. The minimum absolute atomic E-state index is 0. The van der Waals surface area contributed by atoms with Gasteiger partial charge in [-0.3, -0.25) is 4.79 Å². The number of benzene rings is 2. The molecule has 0 aliphatic rings. The number of rotatable bonds is 10. The first-order valence-electron chi connectivity index (χ1n) is 9.62. The van der Waals surface area contributed by atoms with Crippen molar-refractivity contribution in [3.05, 3.63) is 65.2 Å². The van der Waals surface area contributed by atoms with Crippen molar-refractivity contribution in [1.29, 1.82) is 0 Å². The number of hydrogen-bond donors (Lipinski definition) is 1. The number of hydrogen-bond acceptors (Lipinski definition) is 4. The number of halogens is 2. The summed E-state index contributed by atoms with van der Waals surface area (Å²) in [6, 6.07) is 18.4. The average molecular weight is 454 g/mol. The minimum Gasteiger partial charge on any atom is -0.338 e. The molecule has 2 aromatic carbocycles. The summed E-state index contributed by atoms with van der Waals surface area (Å²) < 4.78 is 1.24. The smallest absolute Gasteiger partial charge is 0.222 e. The van der Waals surface area contributed by atoms with Crippen molar-refractivity contribution in [3.8, 4) is 0 Å². The molecule has 0 bridgehead atoms. The molecular formula is C22H29Cl2N3OS. The van der Waals surface area contributed by atoms with Crippen LogP contribution in [0.15, 0.2) is 54.6 Å². The van der Waals surface area contributed by atoms with Gasteiger partial charge in [0.25, 0.3) is 0 Å². The number of aryl methyl sites for hydroxylation is 1. The molecule has 0 spiro atoms. The standard InChI is InChI=1S/C22H27N3OS.2ClH/c23-15-8-16-25(17-18-9-2-1-3-10-18)22(26)14-7-6-13-21-24-19-11-4-5-12-20(19)27-21;;/h1-5,9-12H,6-8,13-17,23H2;2*1H. The van der Waals surface area contributed by atoms with Gasteiger partial charge in [-0.1, -0.05) is 42.5 Å². The van der Waals surface area contributed by atoms with Crippen molar-refractivity contribution < 1.29 is 4.79 Å². The van der Waals surface area contributed by atoms with E-state index in [1.165, 1.54) is 4.70 Å². The van der Waals surface area contributed by atoms with Crippen LogP contribution >= 0.6 is 36.2 Å². The van der Waals surface area contributed by atoms with E-state index in [1.807, 2.05) is 35.2 Å². The molecule has 0 aliphatic heterocycles. The van der Waals surface area contributed by atoms with Gasteiger partial charge < -0.3 is 10.6 Å². The van der Waals surface area contributed by atoms with Crippen molar-refractivity contribution >= 4 is 52.3 Å². The van der Waals surface area contributed by atoms with Gasteiger partial charge >= 0.3 is 0 Å². The molecule has 4 nitrogen and oxygen atoms in total. The Labute approximate surface area is 189 Å². The zero-order chi connectivity index (χ0) is 18.9. The van der Waals surface area contributed by atoms with Crippen LogP contribution in [0.4, 0.5) is 0 Å². The number of carbonyl (C=O) groups excluding carboxylic acids is 1. The molecule has 0 fully saturated rings. The SMILES string of the molecule is Cl.Cl.NCCCN(Cc1ccccc1)C(=O)CCCCc1nc2ccccc2s1. The Morgan fingerprint density at radius 2 is 1.69 bits per heavy atom. The molecule has 0 saturated heterocycles. The van der Waals surface area contributed by atoms with Crippen molar-refractivity contribution in [2.24, 2.45) is 5.73 Å². The van der Waals surface area contributed by atoms with E-state index < -0.39 is 0 Å². The summed E-state index contributed by atoms with van der Waals surface area (Å²) in [5, 5.41) is 1.16. The summed E-state index contributed by atoms with van der Waals surface area (Å²) >= 11 is 1.75. The van der Waals surface area contributed by atoms with Crippen molar-refractivity contribution in [2.45, 2.75) is 38.6 Å². The minimum atomic E-state index is 0. The Morgan fingerprint density at radius 3 is 2.41 bits per heavy atom. The van der Waals surface area contributed by atoms with Crippen LogP contribution in [0.2, 0.25) is 0 Å². The normalized spacial score (nSPS) is 10.2. The largest absolute Gasteiger partial charge is 0.338 e. The van der Waals surface area contributed by atoms with Gasteiger partial charge in [0.15, 0.2) is 0 Å². The number of carbonyl (C=O) groups is 1. The molecule has 0 radical (unpaired) electrons. The monoisotopic (exact) mass is 453 g/mol. The Hall–Kier alpha value is -1.66. The van der Waals surface area contributed by atoms with E-state index in [2.05, 4.69) is 29.2 Å². The van der Waals surface area contributed by atoms with Crippen LogP contribution in [-0.4, -0.2) is 28.9 Å². The molecule has 2 N–H and O–H groups in total. The van der Waals surface area contributed by atoms with Crippen LogP contribution in [-0.2, 0) is 17.8 Å². The van der Waals surface area contributed by atoms with Crippen LogP contribution < -0.4 is 5.73 Å². The Kier molecular flexibility index (Phi) is 11.9. The Morgan fingerprint density at radius 1 is 0.966 bits per heavy atom. The van der Waals surface area contributed by atoms with Gasteiger partial charge in [0, 0.05) is 19.5 Å². The Bertz CT molecular complexity index is 824. The Balaban J connectivity index is 0.00000210. The lowest BCUT2D eigenvalue weighted by molar-refractivity contribution is -0.132. The van der Waals surface area contributed by atoms with Crippen LogP contribution in [0.3, 0.4) is 0 Å². The third kappa shape index (κ3) is 7.94. The first-order chi connectivity index (χ1) is 13.3. The third-order valence-corrected chi connectivity index (χ3v) is 5.67. The second kappa shape index (κ2) is 13.5. The number of nitrogens with zero attached hydrogens (tertiary/aromatic N) is 2. The predicted octanol–water partition coefficient (Wildman–Crippen LogP) is 5.23. The average Bonchev–Trinajstić information content (AvgIpc) is 3.12. The zero-order valence-corrected chi connectivity index (χ0v) is 18.9.